The van der Waals surface area contributed by atoms with Gasteiger partial charge in [-0.2, -0.15) is 0 Å². The zero-order valence-electron chi connectivity index (χ0n) is 6.66. The van der Waals surface area contributed by atoms with Gasteiger partial charge in [0, 0.05) is 13.0 Å². The molecular formula is C7H11NO3. The molecule has 0 aromatic rings. The van der Waals surface area contributed by atoms with Gasteiger partial charge in [0.2, 0.25) is 0 Å². The maximum atomic E-state index is 11.0. The average molecular weight is 157 g/mol. The van der Waals surface area contributed by atoms with Crippen molar-refractivity contribution in [3.63, 3.8) is 0 Å². The molecule has 0 saturated carbocycles. The second-order valence-corrected chi connectivity index (χ2v) is 2.62. The fraction of sp³-hybridized carbons (Fsp3) is 0.714. The van der Waals surface area contributed by atoms with E-state index in [4.69, 9.17) is 0 Å². The molecule has 1 rings (SSSR count). The van der Waals surface area contributed by atoms with Crippen molar-refractivity contribution in [3.05, 3.63) is 0 Å². The van der Waals surface area contributed by atoms with E-state index in [2.05, 4.69) is 4.74 Å². The van der Waals surface area contributed by atoms with Gasteiger partial charge in [-0.15, -0.1) is 0 Å². The lowest BCUT2D eigenvalue weighted by molar-refractivity contribution is -0.148. The normalized spacial score (nSPS) is 25.6. The van der Waals surface area contributed by atoms with Crippen LogP contribution in [0, 0.1) is 0 Å². The van der Waals surface area contributed by atoms with E-state index in [0.29, 0.717) is 13.0 Å². The molecular weight excluding hydrogens is 146 g/mol. The maximum Gasteiger partial charge on any atom is 0.330 e. The third-order valence-electron chi connectivity index (χ3n) is 1.88. The molecule has 1 aliphatic rings. The molecule has 0 aliphatic carbocycles. The maximum absolute atomic E-state index is 11.0. The fourth-order valence-corrected chi connectivity index (χ4v) is 1.22. The van der Waals surface area contributed by atoms with Gasteiger partial charge in [-0.1, -0.05) is 0 Å². The van der Waals surface area contributed by atoms with E-state index in [1.54, 1.807) is 11.9 Å². The SMILES string of the molecule is COC(=O)C1C(=O)CCN1C. The molecule has 4 heteroatoms. The van der Waals surface area contributed by atoms with Gasteiger partial charge in [-0.05, 0) is 7.05 Å². The Hall–Kier alpha value is -0.900. The van der Waals surface area contributed by atoms with Gasteiger partial charge in [-0.25, -0.2) is 4.79 Å². The van der Waals surface area contributed by atoms with Crippen LogP contribution in [0.2, 0.25) is 0 Å². The van der Waals surface area contributed by atoms with E-state index in [1.807, 2.05) is 0 Å². The summed E-state index contributed by atoms with van der Waals surface area (Å²) in [5.41, 5.74) is 0. The molecule has 0 aromatic carbocycles. The standard InChI is InChI=1S/C7H11NO3/c1-8-4-3-5(9)6(8)7(10)11-2/h6H,3-4H2,1-2H3. The van der Waals surface area contributed by atoms with Crippen LogP contribution >= 0.6 is 0 Å². The second kappa shape index (κ2) is 3.00. The first-order valence-corrected chi connectivity index (χ1v) is 3.47. The summed E-state index contributed by atoms with van der Waals surface area (Å²) in [6.07, 6.45) is 0.455. The van der Waals surface area contributed by atoms with Crippen LogP contribution in [0.3, 0.4) is 0 Å². The van der Waals surface area contributed by atoms with Crippen LogP contribution in [0.1, 0.15) is 6.42 Å². The lowest BCUT2D eigenvalue weighted by Crippen LogP contribution is -2.38. The summed E-state index contributed by atoms with van der Waals surface area (Å²) < 4.78 is 4.47. The van der Waals surface area contributed by atoms with Crippen molar-refractivity contribution in [1.82, 2.24) is 4.90 Å². The van der Waals surface area contributed by atoms with Gasteiger partial charge >= 0.3 is 5.97 Å². The quantitative estimate of drug-likeness (QED) is 0.378. The monoisotopic (exact) mass is 157 g/mol. The molecule has 11 heavy (non-hydrogen) atoms. The fourth-order valence-electron chi connectivity index (χ4n) is 1.22. The molecule has 4 nitrogen and oxygen atoms in total. The van der Waals surface area contributed by atoms with Crippen molar-refractivity contribution >= 4 is 11.8 Å². The first-order chi connectivity index (χ1) is 5.16. The summed E-state index contributed by atoms with van der Waals surface area (Å²) in [5.74, 6) is -0.491. The Labute approximate surface area is 65.1 Å². The Balaban J connectivity index is 2.68. The van der Waals surface area contributed by atoms with Crippen LogP contribution in [-0.2, 0) is 14.3 Å². The summed E-state index contributed by atoms with van der Waals surface area (Å²) in [7, 11) is 3.04. The number of rotatable bonds is 1. The van der Waals surface area contributed by atoms with E-state index < -0.39 is 12.0 Å². The number of hydrogen-bond donors (Lipinski definition) is 0. The molecule has 0 N–H and O–H groups in total. The van der Waals surface area contributed by atoms with Crippen LogP contribution in [0.15, 0.2) is 0 Å². The smallest absolute Gasteiger partial charge is 0.330 e. The number of Topliss-reactive ketones (excluding diaryl/α,β-unsaturated/α-hetero) is 1. The number of methoxy groups -OCH3 is 1. The number of carbonyl (C=O) groups is 2. The van der Waals surface area contributed by atoms with Crippen molar-refractivity contribution < 1.29 is 14.3 Å². The van der Waals surface area contributed by atoms with Crippen LogP contribution in [-0.4, -0.2) is 43.4 Å². The van der Waals surface area contributed by atoms with Gasteiger partial charge in [0.15, 0.2) is 11.8 Å². The van der Waals surface area contributed by atoms with E-state index in [0.717, 1.165) is 0 Å². The van der Waals surface area contributed by atoms with Crippen molar-refractivity contribution in [2.24, 2.45) is 0 Å². The molecule has 0 spiro atoms. The molecule has 1 aliphatic heterocycles. The number of nitrogens with zero attached hydrogens (tertiary/aromatic N) is 1. The highest BCUT2D eigenvalue weighted by Crippen LogP contribution is 2.11. The lowest BCUT2D eigenvalue weighted by Gasteiger charge is -2.14. The van der Waals surface area contributed by atoms with Gasteiger partial charge in [0.25, 0.3) is 0 Å². The molecule has 0 aromatic heterocycles. The third-order valence-corrected chi connectivity index (χ3v) is 1.88. The topological polar surface area (TPSA) is 46.6 Å². The minimum Gasteiger partial charge on any atom is -0.468 e. The lowest BCUT2D eigenvalue weighted by atomic mass is 10.2. The number of ketones is 1. The van der Waals surface area contributed by atoms with Crippen molar-refractivity contribution in [1.29, 1.82) is 0 Å². The number of esters is 1. The molecule has 1 fully saturated rings. The van der Waals surface area contributed by atoms with Crippen LogP contribution in [0.25, 0.3) is 0 Å². The van der Waals surface area contributed by atoms with Crippen molar-refractivity contribution in [3.8, 4) is 0 Å². The van der Waals surface area contributed by atoms with Gasteiger partial charge in [-0.3, -0.25) is 9.69 Å². The number of likely N-dealkylation sites (tertiary alicyclic amines) is 1. The minimum absolute atomic E-state index is 0.0423. The number of ether oxygens (including phenoxy) is 1. The molecule has 0 radical (unpaired) electrons. The summed E-state index contributed by atoms with van der Waals surface area (Å²) in [6.45, 7) is 0.651. The van der Waals surface area contributed by atoms with E-state index in [-0.39, 0.29) is 5.78 Å². The van der Waals surface area contributed by atoms with Crippen LogP contribution in [0.4, 0.5) is 0 Å². The van der Waals surface area contributed by atoms with E-state index in [9.17, 15) is 9.59 Å². The largest absolute Gasteiger partial charge is 0.468 e. The molecule has 0 bridgehead atoms. The Morgan fingerprint density at radius 1 is 1.73 bits per heavy atom. The zero-order chi connectivity index (χ0) is 8.43. The predicted molar refractivity (Wildman–Crippen MR) is 38.1 cm³/mol. The van der Waals surface area contributed by atoms with E-state index >= 15 is 0 Å². The Bertz CT molecular complexity index is 190. The van der Waals surface area contributed by atoms with Gasteiger partial charge < -0.3 is 4.74 Å². The highest BCUT2D eigenvalue weighted by molar-refractivity contribution is 6.04. The van der Waals surface area contributed by atoms with Gasteiger partial charge in [0.1, 0.15) is 0 Å². The summed E-state index contributed by atoms with van der Waals surface area (Å²) in [4.78, 5) is 23.7. The Morgan fingerprint density at radius 3 is 2.73 bits per heavy atom. The van der Waals surface area contributed by atoms with E-state index in [1.165, 1.54) is 7.11 Å². The highest BCUT2D eigenvalue weighted by atomic mass is 16.5. The molecule has 1 atom stereocenters. The minimum atomic E-state index is -0.653. The van der Waals surface area contributed by atoms with Crippen LogP contribution in [0.5, 0.6) is 0 Å². The summed E-state index contributed by atoms with van der Waals surface area (Å²) >= 11 is 0. The first-order valence-electron chi connectivity index (χ1n) is 3.47. The highest BCUT2D eigenvalue weighted by Gasteiger charge is 2.36. The molecule has 1 heterocycles. The Kier molecular flexibility index (Phi) is 2.24. The summed E-state index contributed by atoms with van der Waals surface area (Å²) in [5, 5.41) is 0. The Morgan fingerprint density at radius 2 is 2.36 bits per heavy atom. The third kappa shape index (κ3) is 1.40. The van der Waals surface area contributed by atoms with Crippen molar-refractivity contribution in [2.75, 3.05) is 20.7 Å². The second-order valence-electron chi connectivity index (χ2n) is 2.62. The van der Waals surface area contributed by atoms with Crippen LogP contribution < -0.4 is 0 Å². The molecule has 0 amide bonds. The average Bonchev–Trinajstić information content (AvgIpc) is 2.30. The molecule has 1 saturated heterocycles. The number of carbonyl (C=O) groups excluding carboxylic acids is 2. The first kappa shape index (κ1) is 8.20. The number of likely N-dealkylation sites (N-methyl/N-ethyl adjacent to an activating group) is 1. The predicted octanol–water partition coefficient (Wildman–Crippen LogP) is -0.567. The molecule has 62 valence electrons. The molecule has 1 unspecified atom stereocenters. The van der Waals surface area contributed by atoms with Gasteiger partial charge in [0.05, 0.1) is 7.11 Å². The van der Waals surface area contributed by atoms with Crippen molar-refractivity contribution in [2.45, 2.75) is 12.5 Å². The summed E-state index contributed by atoms with van der Waals surface area (Å²) in [6, 6.07) is -0.653. The zero-order valence-corrected chi connectivity index (χ0v) is 6.66. The number of hydrogen-bond acceptors (Lipinski definition) is 4.